The first-order valence-corrected chi connectivity index (χ1v) is 13.0. The summed E-state index contributed by atoms with van der Waals surface area (Å²) < 4.78 is 2.07. The van der Waals surface area contributed by atoms with Crippen molar-refractivity contribution in [3.05, 3.63) is 64.8 Å². The number of rotatable bonds is 7. The van der Waals surface area contributed by atoms with Crippen LogP contribution in [0.15, 0.2) is 58.6 Å². The van der Waals surface area contributed by atoms with Crippen LogP contribution in [0.5, 0.6) is 0 Å². The van der Waals surface area contributed by atoms with E-state index in [9.17, 15) is 9.59 Å². The van der Waals surface area contributed by atoms with Crippen molar-refractivity contribution in [1.29, 1.82) is 0 Å². The summed E-state index contributed by atoms with van der Waals surface area (Å²) >= 11 is 1.48. The Morgan fingerprint density at radius 1 is 1.08 bits per heavy atom. The minimum absolute atomic E-state index is 0. The number of nitrogens with zero attached hydrogens (tertiary/aromatic N) is 4. The summed E-state index contributed by atoms with van der Waals surface area (Å²) in [5, 5.41) is 4.09. The molecule has 1 saturated heterocycles. The minimum atomic E-state index is -0.0276. The normalized spacial score (nSPS) is 14.9. The van der Waals surface area contributed by atoms with E-state index in [1.54, 1.807) is 0 Å². The largest absolute Gasteiger partial charge is 0.378 e. The maximum atomic E-state index is 12.8. The topological polar surface area (TPSA) is 70.0 Å². The van der Waals surface area contributed by atoms with Gasteiger partial charge in [0.15, 0.2) is 0 Å². The molecule has 2 amide bonds. The van der Waals surface area contributed by atoms with Crippen LogP contribution >= 0.6 is 36.6 Å². The van der Waals surface area contributed by atoms with Crippen LogP contribution in [0.3, 0.4) is 0 Å². The average Bonchev–Trinajstić information content (AvgIpc) is 3.31. The van der Waals surface area contributed by atoms with Crippen molar-refractivity contribution in [3.63, 3.8) is 0 Å². The molecule has 1 aromatic carbocycles. The summed E-state index contributed by atoms with van der Waals surface area (Å²) in [7, 11) is 3.99. The highest BCUT2D eigenvalue weighted by atomic mass is 35.5. The third-order valence-electron chi connectivity index (χ3n) is 6.85. The van der Waals surface area contributed by atoms with E-state index >= 15 is 0 Å². The van der Waals surface area contributed by atoms with Crippen LogP contribution < -0.4 is 10.2 Å². The number of anilines is 1. The summed E-state index contributed by atoms with van der Waals surface area (Å²) in [5.41, 5.74) is 3.69. The molecule has 2 aromatic heterocycles. The van der Waals surface area contributed by atoms with E-state index in [-0.39, 0.29) is 36.6 Å². The molecule has 1 N–H and O–H groups in total. The van der Waals surface area contributed by atoms with Crippen LogP contribution in [-0.4, -0.2) is 59.8 Å². The molecular formula is C27H33Cl2N5O2S. The van der Waals surface area contributed by atoms with Crippen LogP contribution in [-0.2, 0) is 4.79 Å². The van der Waals surface area contributed by atoms with Gasteiger partial charge in [-0.2, -0.15) is 0 Å². The Morgan fingerprint density at radius 3 is 2.51 bits per heavy atom. The van der Waals surface area contributed by atoms with E-state index in [2.05, 4.69) is 14.7 Å². The quantitative estimate of drug-likeness (QED) is 0.404. The summed E-state index contributed by atoms with van der Waals surface area (Å²) in [5.74, 6) is 0.693. The molecule has 0 aliphatic carbocycles. The van der Waals surface area contributed by atoms with E-state index in [4.69, 9.17) is 0 Å². The molecule has 0 saturated carbocycles. The molecule has 0 unspecified atom stereocenters. The number of thioether (sulfide) groups is 1. The summed E-state index contributed by atoms with van der Waals surface area (Å²) in [6.07, 6.45) is 7.77. The molecular weight excluding hydrogens is 529 g/mol. The van der Waals surface area contributed by atoms with Crippen molar-refractivity contribution in [2.24, 2.45) is 5.92 Å². The van der Waals surface area contributed by atoms with E-state index in [0.717, 1.165) is 66.4 Å². The van der Waals surface area contributed by atoms with Crippen LogP contribution in [0.4, 0.5) is 5.69 Å². The van der Waals surface area contributed by atoms with E-state index in [0.29, 0.717) is 17.4 Å². The predicted octanol–water partition coefficient (Wildman–Crippen LogP) is 5.14. The Bertz CT molecular complexity index is 1270. The van der Waals surface area contributed by atoms with Crippen molar-refractivity contribution in [3.8, 4) is 0 Å². The highest BCUT2D eigenvalue weighted by Crippen LogP contribution is 2.34. The van der Waals surface area contributed by atoms with Gasteiger partial charge in [-0.05, 0) is 74.1 Å². The molecule has 0 spiro atoms. The number of likely N-dealkylation sites (tertiary alicyclic amines) is 1. The number of aromatic nitrogens is 2. The second-order valence-electron chi connectivity index (χ2n) is 9.43. The lowest BCUT2D eigenvalue weighted by molar-refractivity contribution is -0.116. The number of nitrogens with one attached hydrogen (secondary N) is 1. The summed E-state index contributed by atoms with van der Waals surface area (Å²) in [4.78, 5) is 34.7. The number of carbonyl (C=O) groups is 2. The number of carbonyl (C=O) groups excluding carboxylic acids is 2. The molecule has 0 atom stereocenters. The standard InChI is InChI=1S/C27H31N5O2S.2ClH/c1-30(2)21-10-8-20(9-11-21)27(34)31-15-12-19(13-16-31)5-4-14-28-26(33)23-17-22-18-29-24-6-3-7-25(35-23)32(22)24;;/h3,6-11,17-19H,4-5,12-16H2,1-2H3,(H,28,33);2*1H. The molecule has 7 nitrogen and oxygen atoms in total. The van der Waals surface area contributed by atoms with Gasteiger partial charge in [-0.25, -0.2) is 4.98 Å². The smallest absolute Gasteiger partial charge is 0.258 e. The fourth-order valence-corrected chi connectivity index (χ4v) is 5.79. The van der Waals surface area contributed by atoms with Crippen LogP contribution in [0.25, 0.3) is 11.7 Å². The Labute approximate surface area is 234 Å². The van der Waals surface area contributed by atoms with Crippen LogP contribution in [0, 0.1) is 5.92 Å². The Kier molecular flexibility index (Phi) is 9.93. The first-order valence-electron chi connectivity index (χ1n) is 12.2. The maximum absolute atomic E-state index is 12.8. The number of hydrogen-bond donors (Lipinski definition) is 1. The highest BCUT2D eigenvalue weighted by molar-refractivity contribution is 8.04. The second-order valence-corrected chi connectivity index (χ2v) is 10.5. The van der Waals surface area contributed by atoms with Gasteiger partial charge in [0.1, 0.15) is 5.65 Å². The van der Waals surface area contributed by atoms with Gasteiger partial charge in [-0.3, -0.25) is 14.0 Å². The second kappa shape index (κ2) is 12.7. The highest BCUT2D eigenvalue weighted by Gasteiger charge is 2.24. The Hall–Kier alpha value is -2.68. The molecule has 3 aromatic rings. The van der Waals surface area contributed by atoms with Gasteiger partial charge in [0.25, 0.3) is 11.8 Å². The number of halogens is 2. The van der Waals surface area contributed by atoms with E-state index in [1.807, 2.05) is 78.6 Å². The number of amides is 2. The van der Waals surface area contributed by atoms with Gasteiger partial charge in [-0.15, -0.1) is 24.8 Å². The van der Waals surface area contributed by atoms with Gasteiger partial charge in [0.2, 0.25) is 0 Å². The SMILES string of the molecule is CN(C)c1ccc(C(=O)N2CCC(CCCNC(=O)C3=Cc4cnc5cccc(n45)S3)CC2)cc1.Cl.Cl. The van der Waals surface area contributed by atoms with Crippen molar-refractivity contribution in [2.45, 2.75) is 30.7 Å². The molecule has 5 rings (SSSR count). The lowest BCUT2D eigenvalue weighted by Gasteiger charge is -2.32. The number of benzene rings is 1. The zero-order chi connectivity index (χ0) is 24.4. The van der Waals surface area contributed by atoms with E-state index < -0.39 is 0 Å². The zero-order valence-electron chi connectivity index (χ0n) is 21.1. The van der Waals surface area contributed by atoms with E-state index in [1.165, 1.54) is 11.8 Å². The lowest BCUT2D eigenvalue weighted by atomic mass is 9.92. The molecule has 10 heteroatoms. The number of hydrogen-bond acceptors (Lipinski definition) is 5. The Balaban J connectivity index is 0.00000190. The fourth-order valence-electron chi connectivity index (χ4n) is 4.79. The van der Waals surface area contributed by atoms with Crippen molar-refractivity contribution >= 4 is 65.8 Å². The number of imidazole rings is 1. The van der Waals surface area contributed by atoms with Crippen molar-refractivity contribution in [1.82, 2.24) is 19.6 Å². The van der Waals surface area contributed by atoms with Crippen molar-refractivity contribution < 1.29 is 9.59 Å². The van der Waals surface area contributed by atoms with Gasteiger partial charge in [-0.1, -0.05) is 17.8 Å². The van der Waals surface area contributed by atoms with Gasteiger partial charge in [0.05, 0.1) is 21.8 Å². The summed E-state index contributed by atoms with van der Waals surface area (Å²) in [6, 6.07) is 13.8. The van der Waals surface area contributed by atoms with Gasteiger partial charge < -0.3 is 15.1 Å². The first kappa shape index (κ1) is 28.9. The third-order valence-corrected chi connectivity index (χ3v) is 7.90. The molecule has 37 heavy (non-hydrogen) atoms. The first-order chi connectivity index (χ1) is 17.0. The zero-order valence-corrected chi connectivity index (χ0v) is 23.5. The molecule has 0 bridgehead atoms. The summed E-state index contributed by atoms with van der Waals surface area (Å²) in [6.45, 7) is 2.26. The number of pyridine rings is 1. The molecule has 198 valence electrons. The molecule has 4 heterocycles. The molecule has 2 aliphatic heterocycles. The lowest BCUT2D eigenvalue weighted by Crippen LogP contribution is -2.38. The van der Waals surface area contributed by atoms with Gasteiger partial charge >= 0.3 is 0 Å². The maximum Gasteiger partial charge on any atom is 0.258 e. The van der Waals surface area contributed by atoms with Gasteiger partial charge in [0, 0.05) is 45.0 Å². The molecule has 2 aliphatic rings. The van der Waals surface area contributed by atoms with Crippen LogP contribution in [0.2, 0.25) is 0 Å². The predicted molar refractivity (Wildman–Crippen MR) is 155 cm³/mol. The average molecular weight is 563 g/mol. The third kappa shape index (κ3) is 6.43. The monoisotopic (exact) mass is 561 g/mol. The molecule has 0 radical (unpaired) electrons. The fraction of sp³-hybridized carbons (Fsp3) is 0.370. The number of piperidine rings is 1. The van der Waals surface area contributed by atoms with Crippen LogP contribution in [0.1, 0.15) is 41.7 Å². The molecule has 1 fully saturated rings. The minimum Gasteiger partial charge on any atom is -0.378 e. The van der Waals surface area contributed by atoms with Crippen molar-refractivity contribution in [2.75, 3.05) is 38.6 Å². The Morgan fingerprint density at radius 2 is 1.81 bits per heavy atom.